The fourth-order valence-corrected chi connectivity index (χ4v) is 5.21. The first-order valence-electron chi connectivity index (χ1n) is 6.28. The van der Waals surface area contributed by atoms with Crippen molar-refractivity contribution >= 4 is 46.2 Å². The van der Waals surface area contributed by atoms with Gasteiger partial charge in [0.15, 0.2) is 5.82 Å². The lowest BCUT2D eigenvalue weighted by atomic mass is 10.3. The maximum atomic E-state index is 13.8. The van der Waals surface area contributed by atoms with E-state index in [0.29, 0.717) is 23.1 Å². The molecule has 1 aromatic carbocycles. The highest BCUT2D eigenvalue weighted by atomic mass is 35.5. The van der Waals surface area contributed by atoms with E-state index in [0.717, 1.165) is 23.3 Å². The molecule has 1 atom stereocenters. The van der Waals surface area contributed by atoms with Crippen LogP contribution in [0.2, 0.25) is 0 Å². The second-order valence-corrected chi connectivity index (χ2v) is 7.42. The number of alkyl halides is 1. The highest BCUT2D eigenvalue weighted by Gasteiger charge is 2.20. The van der Waals surface area contributed by atoms with E-state index in [1.807, 2.05) is 28.1 Å². The molecular weight excluding hydrogens is 322 g/mol. The average Bonchev–Trinajstić information content (AvgIpc) is 2.78. The van der Waals surface area contributed by atoms with Crippen LogP contribution in [0.4, 0.5) is 8.78 Å². The largest absolute Gasteiger partial charge is 0.326 e. The number of rotatable bonds is 3. The molecule has 7 heteroatoms. The zero-order valence-corrected chi connectivity index (χ0v) is 13.0. The zero-order valence-electron chi connectivity index (χ0n) is 10.6. The lowest BCUT2D eigenvalue weighted by Crippen LogP contribution is -2.21. The maximum Gasteiger partial charge on any atom is 0.153 e. The molecule has 0 bridgehead atoms. The summed E-state index contributed by atoms with van der Waals surface area (Å²) in [6.45, 7) is 0.694. The first kappa shape index (κ1) is 14.5. The molecule has 1 aliphatic rings. The third-order valence-electron chi connectivity index (χ3n) is 3.24. The van der Waals surface area contributed by atoms with Gasteiger partial charge in [-0.2, -0.15) is 23.5 Å². The van der Waals surface area contributed by atoms with Crippen molar-refractivity contribution in [2.45, 2.75) is 17.7 Å². The van der Waals surface area contributed by atoms with Crippen LogP contribution >= 0.6 is 35.1 Å². The molecule has 108 valence electrons. The molecule has 1 aliphatic heterocycles. The van der Waals surface area contributed by atoms with Crippen LogP contribution in [0.5, 0.6) is 0 Å². The van der Waals surface area contributed by atoms with Crippen molar-refractivity contribution < 1.29 is 8.78 Å². The summed E-state index contributed by atoms with van der Waals surface area (Å²) in [5.74, 6) is 2.91. The van der Waals surface area contributed by atoms with Crippen molar-refractivity contribution in [3.8, 4) is 0 Å². The van der Waals surface area contributed by atoms with Crippen molar-refractivity contribution in [1.82, 2.24) is 9.55 Å². The molecule has 1 saturated heterocycles. The summed E-state index contributed by atoms with van der Waals surface area (Å²) in [5, 5.41) is 0.430. The van der Waals surface area contributed by atoms with E-state index in [2.05, 4.69) is 4.98 Å². The molecule has 1 fully saturated rings. The molecule has 1 unspecified atom stereocenters. The highest BCUT2D eigenvalue weighted by Crippen LogP contribution is 2.28. The second-order valence-electron chi connectivity index (χ2n) is 4.60. The van der Waals surface area contributed by atoms with Gasteiger partial charge in [-0.15, -0.1) is 11.6 Å². The van der Waals surface area contributed by atoms with Gasteiger partial charge in [0.2, 0.25) is 0 Å². The van der Waals surface area contributed by atoms with Crippen LogP contribution < -0.4 is 0 Å². The number of aromatic nitrogens is 2. The van der Waals surface area contributed by atoms with Crippen LogP contribution in [0.15, 0.2) is 12.1 Å². The number of fused-ring (bicyclic) bond motifs is 1. The Balaban J connectivity index is 2.02. The van der Waals surface area contributed by atoms with Gasteiger partial charge >= 0.3 is 0 Å². The van der Waals surface area contributed by atoms with Crippen LogP contribution in [0, 0.1) is 11.6 Å². The Hall–Kier alpha value is -0.460. The van der Waals surface area contributed by atoms with E-state index in [9.17, 15) is 8.78 Å². The maximum absolute atomic E-state index is 13.8. The summed E-state index contributed by atoms with van der Waals surface area (Å²) < 4.78 is 29.1. The molecule has 0 spiro atoms. The number of imidazole rings is 1. The Labute approximate surface area is 129 Å². The van der Waals surface area contributed by atoms with Crippen LogP contribution in [0.25, 0.3) is 11.0 Å². The number of halogens is 3. The molecule has 2 aromatic rings. The monoisotopic (exact) mass is 334 g/mol. The summed E-state index contributed by atoms with van der Waals surface area (Å²) in [7, 11) is 0. The van der Waals surface area contributed by atoms with E-state index < -0.39 is 11.6 Å². The van der Waals surface area contributed by atoms with Crippen LogP contribution in [0.1, 0.15) is 5.82 Å². The molecule has 0 N–H and O–H groups in total. The minimum absolute atomic E-state index is 0.195. The Kier molecular flexibility index (Phi) is 4.43. The van der Waals surface area contributed by atoms with Crippen molar-refractivity contribution in [3.63, 3.8) is 0 Å². The molecule has 2 nitrogen and oxygen atoms in total. The van der Waals surface area contributed by atoms with Gasteiger partial charge in [-0.25, -0.2) is 13.8 Å². The SMILES string of the molecule is Fc1cc(F)c2nc(CCl)n(CC3CSCCS3)c2c1. The zero-order chi connectivity index (χ0) is 14.1. The van der Waals surface area contributed by atoms with Crippen LogP contribution in [-0.4, -0.2) is 32.1 Å². The van der Waals surface area contributed by atoms with Crippen LogP contribution in [-0.2, 0) is 12.4 Å². The molecule has 2 heterocycles. The highest BCUT2D eigenvalue weighted by molar-refractivity contribution is 8.06. The predicted octanol–water partition coefficient (Wildman–Crippen LogP) is 3.90. The average molecular weight is 335 g/mol. The third-order valence-corrected chi connectivity index (χ3v) is 6.31. The first-order chi connectivity index (χ1) is 9.69. The van der Waals surface area contributed by atoms with Gasteiger partial charge in [0.05, 0.1) is 11.4 Å². The molecule has 0 radical (unpaired) electrons. The number of thioether (sulfide) groups is 2. The number of nitrogens with zero attached hydrogens (tertiary/aromatic N) is 2. The van der Waals surface area contributed by atoms with E-state index in [1.165, 1.54) is 6.07 Å². The van der Waals surface area contributed by atoms with Gasteiger partial charge in [-0.1, -0.05) is 0 Å². The standard InChI is InChI=1S/C13H13ClF2N2S2/c14-5-12-17-13-10(16)3-8(15)4-11(13)18(12)6-9-7-19-1-2-20-9/h3-4,9H,1-2,5-7H2. The molecule has 3 rings (SSSR count). The van der Waals surface area contributed by atoms with E-state index in [-0.39, 0.29) is 11.4 Å². The van der Waals surface area contributed by atoms with Gasteiger partial charge in [-0.05, 0) is 6.07 Å². The predicted molar refractivity (Wildman–Crippen MR) is 82.8 cm³/mol. The van der Waals surface area contributed by atoms with Gasteiger partial charge in [0, 0.05) is 35.1 Å². The lowest BCUT2D eigenvalue weighted by Gasteiger charge is -2.22. The third kappa shape index (κ3) is 2.78. The lowest BCUT2D eigenvalue weighted by molar-refractivity contribution is 0.589. The molecule has 1 aromatic heterocycles. The summed E-state index contributed by atoms with van der Waals surface area (Å²) >= 11 is 9.71. The second kappa shape index (κ2) is 6.12. The van der Waals surface area contributed by atoms with E-state index in [4.69, 9.17) is 11.6 Å². The number of benzene rings is 1. The van der Waals surface area contributed by atoms with Crippen molar-refractivity contribution in [2.24, 2.45) is 0 Å². The van der Waals surface area contributed by atoms with Crippen molar-refractivity contribution in [1.29, 1.82) is 0 Å². The van der Waals surface area contributed by atoms with Crippen molar-refractivity contribution in [3.05, 3.63) is 29.6 Å². The quantitative estimate of drug-likeness (QED) is 0.793. The molecular formula is C13H13ClF2N2S2. The van der Waals surface area contributed by atoms with Gasteiger partial charge in [0.1, 0.15) is 17.2 Å². The molecule has 0 saturated carbocycles. The normalized spacial score (nSPS) is 19.6. The summed E-state index contributed by atoms with van der Waals surface area (Å²) in [4.78, 5) is 4.21. The first-order valence-corrected chi connectivity index (χ1v) is 9.02. The fourth-order valence-electron chi connectivity index (χ4n) is 2.35. The number of hydrogen-bond acceptors (Lipinski definition) is 3. The topological polar surface area (TPSA) is 17.8 Å². The van der Waals surface area contributed by atoms with E-state index >= 15 is 0 Å². The van der Waals surface area contributed by atoms with Gasteiger partial charge < -0.3 is 4.57 Å². The summed E-state index contributed by atoms with van der Waals surface area (Å²) in [6.07, 6.45) is 0. The Morgan fingerprint density at radius 1 is 1.35 bits per heavy atom. The van der Waals surface area contributed by atoms with Crippen LogP contribution in [0.3, 0.4) is 0 Å². The van der Waals surface area contributed by atoms with Gasteiger partial charge in [-0.3, -0.25) is 0 Å². The molecule has 0 amide bonds. The fraction of sp³-hybridized carbons (Fsp3) is 0.462. The van der Waals surface area contributed by atoms with E-state index in [1.54, 1.807) is 0 Å². The number of hydrogen-bond donors (Lipinski definition) is 0. The molecule has 0 aliphatic carbocycles. The summed E-state index contributed by atoms with van der Waals surface area (Å²) in [6, 6.07) is 2.20. The Bertz CT molecular complexity index is 626. The summed E-state index contributed by atoms with van der Waals surface area (Å²) in [5.41, 5.74) is 0.699. The Morgan fingerprint density at radius 2 is 2.20 bits per heavy atom. The Morgan fingerprint density at radius 3 is 2.90 bits per heavy atom. The molecule has 20 heavy (non-hydrogen) atoms. The minimum atomic E-state index is -0.629. The smallest absolute Gasteiger partial charge is 0.153 e. The van der Waals surface area contributed by atoms with Crippen molar-refractivity contribution in [2.75, 3.05) is 17.3 Å². The van der Waals surface area contributed by atoms with Gasteiger partial charge in [0.25, 0.3) is 0 Å². The minimum Gasteiger partial charge on any atom is -0.326 e.